The Kier molecular flexibility index (Phi) is 7.71. The fraction of sp³-hybridized carbons (Fsp3) is 0.185. The van der Waals surface area contributed by atoms with Gasteiger partial charge in [-0.3, -0.25) is 14.4 Å². The van der Waals surface area contributed by atoms with Crippen molar-refractivity contribution in [1.29, 1.82) is 0 Å². The molecule has 0 bridgehead atoms. The molecule has 40 heavy (non-hydrogen) atoms. The topological polar surface area (TPSA) is 132 Å². The highest BCUT2D eigenvalue weighted by atomic mass is 35.5. The van der Waals surface area contributed by atoms with Crippen LogP contribution < -0.4 is 10.6 Å². The number of carbonyl (C=O) groups excluding carboxylic acids is 3. The first-order chi connectivity index (χ1) is 19.2. The zero-order chi connectivity index (χ0) is 28.4. The van der Waals surface area contributed by atoms with Crippen molar-refractivity contribution in [3.8, 4) is 0 Å². The highest BCUT2D eigenvalue weighted by molar-refractivity contribution is 7.13. The molecule has 0 radical (unpaired) electrons. The van der Waals surface area contributed by atoms with Crippen molar-refractivity contribution in [3.05, 3.63) is 94.4 Å². The van der Waals surface area contributed by atoms with Crippen molar-refractivity contribution in [3.63, 3.8) is 0 Å². The van der Waals surface area contributed by atoms with E-state index in [2.05, 4.69) is 25.0 Å². The number of carbonyl (C=O) groups is 3. The van der Waals surface area contributed by atoms with Crippen molar-refractivity contribution in [2.75, 3.05) is 5.32 Å². The summed E-state index contributed by atoms with van der Waals surface area (Å²) in [7, 11) is 0. The Labute approximate surface area is 236 Å². The maximum absolute atomic E-state index is 14.3. The van der Waals surface area contributed by atoms with Crippen LogP contribution >= 0.6 is 23.1 Å². The van der Waals surface area contributed by atoms with Crippen LogP contribution in [-0.2, 0) is 17.9 Å². The number of ketones is 1. The molecule has 204 valence electrons. The number of amides is 2. The van der Waals surface area contributed by atoms with Crippen LogP contribution in [0.2, 0.25) is 5.02 Å². The summed E-state index contributed by atoms with van der Waals surface area (Å²) in [6.45, 7) is 2.86. The molecule has 0 unspecified atom stereocenters. The molecule has 2 amide bonds. The van der Waals surface area contributed by atoms with E-state index in [0.717, 1.165) is 4.70 Å². The SMILES string of the molecule is CC(=O)Cn1c(C(=O)NCc2cnco2)nc(NC(=O)c2nsc3ccccc23)c1[C@@H](C)c1cc(F)ccc1Cl. The summed E-state index contributed by atoms with van der Waals surface area (Å²) in [4.78, 5) is 47.3. The first kappa shape index (κ1) is 27.2. The predicted molar refractivity (Wildman–Crippen MR) is 147 cm³/mol. The summed E-state index contributed by atoms with van der Waals surface area (Å²) < 4.78 is 25.9. The quantitative estimate of drug-likeness (QED) is 0.245. The predicted octanol–water partition coefficient (Wildman–Crippen LogP) is 5.20. The van der Waals surface area contributed by atoms with Crippen LogP contribution in [0.15, 0.2) is 59.5 Å². The molecule has 5 rings (SSSR count). The average Bonchev–Trinajstić information content (AvgIpc) is 3.67. The van der Waals surface area contributed by atoms with Gasteiger partial charge in [0.15, 0.2) is 12.2 Å². The second-order valence-corrected chi connectivity index (χ2v) is 10.2. The van der Waals surface area contributed by atoms with Gasteiger partial charge in [-0.05, 0) is 48.3 Å². The Balaban J connectivity index is 1.61. The van der Waals surface area contributed by atoms with Gasteiger partial charge in [-0.2, -0.15) is 4.37 Å². The van der Waals surface area contributed by atoms with Crippen LogP contribution in [0, 0.1) is 5.82 Å². The van der Waals surface area contributed by atoms with E-state index in [1.165, 1.54) is 53.8 Å². The molecule has 0 saturated carbocycles. The number of nitrogens with one attached hydrogen (secondary N) is 2. The van der Waals surface area contributed by atoms with E-state index in [4.69, 9.17) is 16.0 Å². The van der Waals surface area contributed by atoms with E-state index < -0.39 is 23.5 Å². The Bertz CT molecular complexity index is 1730. The molecule has 3 aromatic heterocycles. The lowest BCUT2D eigenvalue weighted by Crippen LogP contribution is -2.28. The molecule has 0 saturated heterocycles. The van der Waals surface area contributed by atoms with E-state index >= 15 is 0 Å². The van der Waals surface area contributed by atoms with Crippen LogP contribution in [0.1, 0.15) is 57.9 Å². The van der Waals surface area contributed by atoms with Crippen molar-refractivity contribution >= 4 is 56.6 Å². The molecule has 0 aliphatic carbocycles. The van der Waals surface area contributed by atoms with E-state index in [1.54, 1.807) is 19.1 Å². The minimum Gasteiger partial charge on any atom is -0.447 e. The minimum atomic E-state index is -0.687. The molecule has 5 aromatic rings. The lowest BCUT2D eigenvalue weighted by molar-refractivity contribution is -0.117. The van der Waals surface area contributed by atoms with Crippen molar-refractivity contribution < 1.29 is 23.2 Å². The maximum atomic E-state index is 14.3. The van der Waals surface area contributed by atoms with Crippen LogP contribution in [-0.4, -0.2) is 36.5 Å². The highest BCUT2D eigenvalue weighted by Gasteiger charge is 2.30. The summed E-state index contributed by atoms with van der Waals surface area (Å²) in [5.41, 5.74) is 0.857. The average molecular weight is 581 g/mol. The smallest absolute Gasteiger partial charge is 0.287 e. The van der Waals surface area contributed by atoms with Crippen LogP contribution in [0.4, 0.5) is 10.2 Å². The molecule has 2 N–H and O–H groups in total. The number of anilines is 1. The van der Waals surface area contributed by atoms with Crippen LogP contribution in [0.3, 0.4) is 0 Å². The third-order valence-electron chi connectivity index (χ3n) is 6.16. The first-order valence-corrected chi connectivity index (χ1v) is 13.2. The Morgan fingerprint density at radius 3 is 2.73 bits per heavy atom. The fourth-order valence-electron chi connectivity index (χ4n) is 4.34. The molecule has 0 aliphatic rings. The maximum Gasteiger partial charge on any atom is 0.287 e. The summed E-state index contributed by atoms with van der Waals surface area (Å²) in [6.07, 6.45) is 2.68. The summed E-state index contributed by atoms with van der Waals surface area (Å²) in [5.74, 6) is -2.38. The van der Waals surface area contributed by atoms with E-state index in [0.29, 0.717) is 22.4 Å². The molecular weight excluding hydrogens is 559 g/mol. The van der Waals surface area contributed by atoms with Crippen molar-refractivity contribution in [2.24, 2.45) is 0 Å². The largest absolute Gasteiger partial charge is 0.447 e. The third kappa shape index (κ3) is 5.49. The number of oxazole rings is 1. The molecule has 10 nitrogen and oxygen atoms in total. The summed E-state index contributed by atoms with van der Waals surface area (Å²) in [6, 6.07) is 11.2. The van der Waals surface area contributed by atoms with Crippen LogP contribution in [0.5, 0.6) is 0 Å². The number of hydrogen-bond acceptors (Lipinski definition) is 8. The lowest BCUT2D eigenvalue weighted by Gasteiger charge is -2.19. The fourth-order valence-corrected chi connectivity index (χ4v) is 5.39. The molecule has 1 atom stereocenters. The second kappa shape index (κ2) is 11.4. The van der Waals surface area contributed by atoms with Crippen molar-refractivity contribution in [1.82, 2.24) is 24.2 Å². The molecule has 0 fully saturated rings. The number of halogens is 2. The number of fused-ring (bicyclic) bond motifs is 1. The zero-order valence-corrected chi connectivity index (χ0v) is 22.8. The van der Waals surface area contributed by atoms with Gasteiger partial charge in [-0.25, -0.2) is 14.4 Å². The van der Waals surface area contributed by atoms with Gasteiger partial charge in [0.05, 0.1) is 29.7 Å². The first-order valence-electron chi connectivity index (χ1n) is 12.1. The summed E-state index contributed by atoms with van der Waals surface area (Å²) in [5, 5.41) is 6.37. The monoisotopic (exact) mass is 580 g/mol. The van der Waals surface area contributed by atoms with E-state index in [1.807, 2.05) is 12.1 Å². The number of benzene rings is 2. The Hall–Kier alpha value is -4.42. The van der Waals surface area contributed by atoms with Gasteiger partial charge in [-0.1, -0.05) is 36.7 Å². The van der Waals surface area contributed by atoms with Gasteiger partial charge < -0.3 is 19.6 Å². The van der Waals surface area contributed by atoms with Gasteiger partial charge >= 0.3 is 0 Å². The minimum absolute atomic E-state index is 0.0128. The number of imidazole rings is 1. The molecular formula is C27H22ClFN6O4S. The van der Waals surface area contributed by atoms with E-state index in [9.17, 15) is 18.8 Å². The van der Waals surface area contributed by atoms with E-state index in [-0.39, 0.29) is 41.2 Å². The standard InChI is InChI=1S/C27H22ClFN6O4S/c1-14(36)12-35-23(15(2)19-9-16(29)7-8-20(19)28)24(32-25(35)27(38)31-11-17-10-30-13-39-17)33-26(37)22-18-5-3-4-6-21(18)40-34-22/h3-10,13,15H,11-12H2,1-2H3,(H,31,38)(H,33,37)/t15-/m0/s1. The highest BCUT2D eigenvalue weighted by Crippen LogP contribution is 2.36. The Morgan fingerprint density at radius 1 is 1.18 bits per heavy atom. The van der Waals surface area contributed by atoms with Gasteiger partial charge in [0.25, 0.3) is 11.8 Å². The number of aromatic nitrogens is 4. The number of Topliss-reactive ketones (excluding diaryl/α,β-unsaturated/α-hetero) is 1. The Morgan fingerprint density at radius 2 is 1.98 bits per heavy atom. The second-order valence-electron chi connectivity index (χ2n) is 8.98. The third-order valence-corrected chi connectivity index (χ3v) is 7.33. The zero-order valence-electron chi connectivity index (χ0n) is 21.3. The van der Waals surface area contributed by atoms with Gasteiger partial charge in [0.2, 0.25) is 5.82 Å². The van der Waals surface area contributed by atoms with Crippen LogP contribution in [0.25, 0.3) is 10.1 Å². The van der Waals surface area contributed by atoms with Gasteiger partial charge in [-0.15, -0.1) is 0 Å². The lowest BCUT2D eigenvalue weighted by atomic mass is 9.96. The van der Waals surface area contributed by atoms with Gasteiger partial charge in [0, 0.05) is 16.3 Å². The molecule has 0 spiro atoms. The van der Waals surface area contributed by atoms with Gasteiger partial charge in [0.1, 0.15) is 23.1 Å². The number of nitrogens with zero attached hydrogens (tertiary/aromatic N) is 4. The molecule has 0 aliphatic heterocycles. The number of rotatable bonds is 9. The summed E-state index contributed by atoms with van der Waals surface area (Å²) >= 11 is 7.60. The number of hydrogen-bond donors (Lipinski definition) is 2. The molecule has 3 heterocycles. The van der Waals surface area contributed by atoms with Crippen molar-refractivity contribution in [2.45, 2.75) is 32.9 Å². The normalized spacial score (nSPS) is 11.9. The molecule has 13 heteroatoms. The molecule has 2 aromatic carbocycles.